The Morgan fingerprint density at radius 3 is 2.44 bits per heavy atom. The molecule has 2 saturated heterocycles. The number of benzene rings is 1. The van der Waals surface area contributed by atoms with E-state index < -0.39 is 5.41 Å². The van der Waals surface area contributed by atoms with Crippen molar-refractivity contribution in [3.63, 3.8) is 0 Å². The third-order valence-corrected chi connectivity index (χ3v) is 5.53. The normalized spacial score (nSPS) is 20.1. The highest BCUT2D eigenvalue weighted by Crippen LogP contribution is 2.35. The van der Waals surface area contributed by atoms with Crippen LogP contribution in [-0.4, -0.2) is 55.9 Å². The second kappa shape index (κ2) is 8.69. The van der Waals surface area contributed by atoms with Gasteiger partial charge in [0.2, 0.25) is 5.91 Å². The minimum atomic E-state index is -0.690. The van der Waals surface area contributed by atoms with Crippen molar-refractivity contribution in [3.8, 4) is 0 Å². The maximum absolute atomic E-state index is 13.3. The number of amides is 2. The average Bonchev–Trinajstić information content (AvgIpc) is 2.69. The lowest BCUT2D eigenvalue weighted by Crippen LogP contribution is -2.53. The van der Waals surface area contributed by atoms with Crippen molar-refractivity contribution in [1.82, 2.24) is 10.2 Å². The fourth-order valence-corrected chi connectivity index (χ4v) is 3.88. The van der Waals surface area contributed by atoms with Crippen molar-refractivity contribution in [2.24, 2.45) is 0 Å². The van der Waals surface area contributed by atoms with E-state index in [4.69, 9.17) is 9.47 Å². The fourth-order valence-electron chi connectivity index (χ4n) is 3.88. The lowest BCUT2D eigenvalue weighted by atomic mass is 9.73. The second-order valence-electron chi connectivity index (χ2n) is 7.14. The molecule has 0 bridgehead atoms. The monoisotopic (exact) mass is 378 g/mol. The van der Waals surface area contributed by atoms with Crippen LogP contribution in [0, 0.1) is 5.82 Å². The Hall–Kier alpha value is -2.15. The summed E-state index contributed by atoms with van der Waals surface area (Å²) >= 11 is 0. The van der Waals surface area contributed by atoms with Crippen molar-refractivity contribution in [3.05, 3.63) is 35.6 Å². The van der Waals surface area contributed by atoms with Gasteiger partial charge < -0.3 is 19.7 Å². The van der Waals surface area contributed by atoms with Crippen LogP contribution in [0.3, 0.4) is 0 Å². The first-order valence-corrected chi connectivity index (χ1v) is 9.61. The molecule has 3 rings (SSSR count). The van der Waals surface area contributed by atoms with E-state index in [9.17, 15) is 14.0 Å². The van der Waals surface area contributed by atoms with Crippen LogP contribution in [0.5, 0.6) is 0 Å². The van der Waals surface area contributed by atoms with Gasteiger partial charge in [-0.25, -0.2) is 9.18 Å². The first-order chi connectivity index (χ1) is 13.0. The summed E-state index contributed by atoms with van der Waals surface area (Å²) in [5.41, 5.74) is 0.137. The molecule has 2 aliphatic rings. The molecule has 2 fully saturated rings. The van der Waals surface area contributed by atoms with E-state index in [0.717, 1.165) is 5.56 Å². The van der Waals surface area contributed by atoms with Gasteiger partial charge in [-0.3, -0.25) is 4.79 Å². The van der Waals surface area contributed by atoms with Crippen molar-refractivity contribution < 1.29 is 23.5 Å². The summed E-state index contributed by atoms with van der Waals surface area (Å²) in [6, 6.07) is 6.21. The van der Waals surface area contributed by atoms with Gasteiger partial charge in [0, 0.05) is 32.3 Å². The molecule has 2 amide bonds. The number of likely N-dealkylation sites (tertiary alicyclic amines) is 1. The average molecular weight is 378 g/mol. The Bertz CT molecular complexity index is 650. The summed E-state index contributed by atoms with van der Waals surface area (Å²) in [5, 5.41) is 3.17. The molecule has 0 radical (unpaired) electrons. The van der Waals surface area contributed by atoms with Crippen LogP contribution >= 0.6 is 0 Å². The van der Waals surface area contributed by atoms with E-state index in [-0.39, 0.29) is 23.9 Å². The van der Waals surface area contributed by atoms with E-state index in [0.29, 0.717) is 58.6 Å². The van der Waals surface area contributed by atoms with Crippen molar-refractivity contribution >= 4 is 12.0 Å². The van der Waals surface area contributed by atoms with Gasteiger partial charge in [0.05, 0.1) is 12.0 Å². The highest BCUT2D eigenvalue weighted by molar-refractivity contribution is 5.88. The van der Waals surface area contributed by atoms with Crippen LogP contribution in [0.15, 0.2) is 24.3 Å². The van der Waals surface area contributed by atoms with Gasteiger partial charge in [0.15, 0.2) is 0 Å². The van der Waals surface area contributed by atoms with E-state index in [1.54, 1.807) is 24.0 Å². The molecule has 0 spiro atoms. The topological polar surface area (TPSA) is 67.9 Å². The van der Waals surface area contributed by atoms with Crippen molar-refractivity contribution in [2.45, 2.75) is 44.1 Å². The van der Waals surface area contributed by atoms with Crippen LogP contribution in [0.1, 0.15) is 38.2 Å². The Labute approximate surface area is 159 Å². The van der Waals surface area contributed by atoms with Crippen LogP contribution in [0.25, 0.3) is 0 Å². The number of ether oxygens (including phenoxy) is 2. The number of nitrogens with zero attached hydrogens (tertiary/aromatic N) is 1. The van der Waals surface area contributed by atoms with Crippen LogP contribution in [0.4, 0.5) is 9.18 Å². The number of carbonyl (C=O) groups excluding carboxylic acids is 2. The SMILES string of the molecule is CCOC(=O)N1CCC(NC(=O)C2(c3ccc(F)cc3)CCOCC2)CC1. The zero-order valence-electron chi connectivity index (χ0n) is 15.7. The number of hydrogen-bond acceptors (Lipinski definition) is 4. The van der Waals surface area contributed by atoms with Gasteiger partial charge in [0.25, 0.3) is 0 Å². The lowest BCUT2D eigenvalue weighted by molar-refractivity contribution is -0.131. The zero-order valence-corrected chi connectivity index (χ0v) is 15.7. The predicted molar refractivity (Wildman–Crippen MR) is 97.9 cm³/mol. The van der Waals surface area contributed by atoms with Crippen molar-refractivity contribution in [2.75, 3.05) is 32.9 Å². The van der Waals surface area contributed by atoms with Gasteiger partial charge in [0.1, 0.15) is 5.82 Å². The molecule has 0 aromatic heterocycles. The Balaban J connectivity index is 1.66. The van der Waals surface area contributed by atoms with Gasteiger partial charge in [-0.15, -0.1) is 0 Å². The minimum Gasteiger partial charge on any atom is -0.450 e. The van der Waals surface area contributed by atoms with Gasteiger partial charge >= 0.3 is 6.09 Å². The molecule has 0 saturated carbocycles. The fraction of sp³-hybridized carbons (Fsp3) is 0.600. The number of nitrogens with one attached hydrogen (secondary N) is 1. The quantitative estimate of drug-likeness (QED) is 0.875. The smallest absolute Gasteiger partial charge is 0.409 e. The first-order valence-electron chi connectivity index (χ1n) is 9.61. The van der Waals surface area contributed by atoms with Crippen LogP contribution in [0.2, 0.25) is 0 Å². The molecule has 1 aromatic carbocycles. The lowest BCUT2D eigenvalue weighted by Gasteiger charge is -2.39. The van der Waals surface area contributed by atoms with Gasteiger partial charge in [-0.2, -0.15) is 0 Å². The summed E-state index contributed by atoms with van der Waals surface area (Å²) in [7, 11) is 0. The van der Waals surface area contributed by atoms with E-state index >= 15 is 0 Å². The summed E-state index contributed by atoms with van der Waals surface area (Å²) < 4.78 is 23.8. The number of carbonyl (C=O) groups is 2. The molecular formula is C20H27FN2O4. The first kappa shape index (κ1) is 19.6. The molecule has 148 valence electrons. The molecule has 1 aromatic rings. The molecule has 6 nitrogen and oxygen atoms in total. The molecule has 1 N–H and O–H groups in total. The van der Waals surface area contributed by atoms with Crippen LogP contribution in [-0.2, 0) is 19.7 Å². The largest absolute Gasteiger partial charge is 0.450 e. The highest BCUT2D eigenvalue weighted by atomic mass is 19.1. The van der Waals surface area contributed by atoms with Gasteiger partial charge in [-0.05, 0) is 50.3 Å². The molecule has 27 heavy (non-hydrogen) atoms. The Morgan fingerprint density at radius 1 is 1.22 bits per heavy atom. The standard InChI is InChI=1S/C20H27FN2O4/c1-2-27-19(25)23-11-7-17(8-12-23)22-18(24)20(9-13-26-14-10-20)15-3-5-16(21)6-4-15/h3-6,17H,2,7-14H2,1H3,(H,22,24). The van der Waals surface area contributed by atoms with Crippen molar-refractivity contribution in [1.29, 1.82) is 0 Å². The molecular weight excluding hydrogens is 351 g/mol. The molecule has 2 aliphatic heterocycles. The number of rotatable bonds is 4. The van der Waals surface area contributed by atoms with Crippen LogP contribution < -0.4 is 5.32 Å². The van der Waals surface area contributed by atoms with E-state index in [2.05, 4.69) is 5.32 Å². The molecule has 0 atom stereocenters. The Kier molecular flexibility index (Phi) is 6.31. The predicted octanol–water partition coefficient (Wildman–Crippen LogP) is 2.61. The Morgan fingerprint density at radius 2 is 1.85 bits per heavy atom. The third-order valence-electron chi connectivity index (χ3n) is 5.53. The summed E-state index contributed by atoms with van der Waals surface area (Å²) in [6.07, 6.45) is 2.24. The zero-order chi connectivity index (χ0) is 19.3. The third kappa shape index (κ3) is 4.40. The summed E-state index contributed by atoms with van der Waals surface area (Å²) in [6.45, 7) is 4.29. The number of halogens is 1. The molecule has 0 aliphatic carbocycles. The number of piperidine rings is 1. The summed E-state index contributed by atoms with van der Waals surface area (Å²) in [5.74, 6) is -0.348. The maximum Gasteiger partial charge on any atom is 0.409 e. The minimum absolute atomic E-state index is 0.0170. The highest BCUT2D eigenvalue weighted by Gasteiger charge is 2.42. The maximum atomic E-state index is 13.3. The summed E-state index contributed by atoms with van der Waals surface area (Å²) in [4.78, 5) is 26.7. The molecule has 0 unspecified atom stereocenters. The second-order valence-corrected chi connectivity index (χ2v) is 7.14. The van der Waals surface area contributed by atoms with E-state index in [1.807, 2.05) is 0 Å². The molecule has 7 heteroatoms. The molecule has 2 heterocycles. The van der Waals surface area contributed by atoms with Gasteiger partial charge in [-0.1, -0.05) is 12.1 Å². The van der Waals surface area contributed by atoms with E-state index in [1.165, 1.54) is 12.1 Å². The number of hydrogen-bond donors (Lipinski definition) is 1.